The zero-order valence-corrected chi connectivity index (χ0v) is 11.3. The number of anilines is 1. The van der Waals surface area contributed by atoms with E-state index in [1.807, 2.05) is 0 Å². The Morgan fingerprint density at radius 2 is 2.21 bits per heavy atom. The number of hydrogen-bond donors (Lipinski definition) is 1. The van der Waals surface area contributed by atoms with Crippen molar-refractivity contribution < 1.29 is 9.31 Å². The van der Waals surface area contributed by atoms with Crippen molar-refractivity contribution in [1.29, 1.82) is 0 Å². The number of nitrogens with one attached hydrogen (secondary N) is 1. The van der Waals surface area contributed by atoms with E-state index in [0.29, 0.717) is 5.69 Å². The van der Waals surface area contributed by atoms with Gasteiger partial charge in [-0.1, -0.05) is 20.3 Å². The molecule has 1 aliphatic rings. The molecule has 0 saturated heterocycles. The van der Waals surface area contributed by atoms with Gasteiger partial charge < -0.3 is 5.32 Å². The molecule has 1 aromatic rings. The van der Waals surface area contributed by atoms with Gasteiger partial charge in [0.15, 0.2) is 5.82 Å². The van der Waals surface area contributed by atoms with Gasteiger partial charge in [0.25, 0.3) is 5.69 Å². The van der Waals surface area contributed by atoms with Crippen LogP contribution in [-0.4, -0.2) is 11.0 Å². The van der Waals surface area contributed by atoms with Gasteiger partial charge in [-0.3, -0.25) is 10.1 Å². The minimum Gasteiger partial charge on any atom is -0.380 e. The summed E-state index contributed by atoms with van der Waals surface area (Å²) in [7, 11) is 0. The summed E-state index contributed by atoms with van der Waals surface area (Å²) in [5, 5.41) is 13.7. The molecule has 2 rings (SSSR count). The molecule has 1 unspecified atom stereocenters. The monoisotopic (exact) mass is 266 g/mol. The number of nitro benzene ring substituents is 1. The Hall–Kier alpha value is -1.65. The quantitative estimate of drug-likeness (QED) is 0.661. The lowest BCUT2D eigenvalue weighted by Gasteiger charge is -2.36. The maximum atomic E-state index is 13.8. The van der Waals surface area contributed by atoms with E-state index in [2.05, 4.69) is 19.2 Å². The highest BCUT2D eigenvalue weighted by Crippen LogP contribution is 2.36. The minimum atomic E-state index is -0.587. The molecular weight excluding hydrogens is 247 g/mol. The third-order valence-electron chi connectivity index (χ3n) is 3.73. The summed E-state index contributed by atoms with van der Waals surface area (Å²) < 4.78 is 13.8. The van der Waals surface area contributed by atoms with Crippen molar-refractivity contribution in [2.45, 2.75) is 45.6 Å². The summed E-state index contributed by atoms with van der Waals surface area (Å²) in [4.78, 5) is 9.97. The van der Waals surface area contributed by atoms with E-state index in [-0.39, 0.29) is 17.1 Å². The van der Waals surface area contributed by atoms with E-state index in [0.717, 1.165) is 25.3 Å². The van der Waals surface area contributed by atoms with Crippen LogP contribution in [0.1, 0.15) is 39.5 Å². The van der Waals surface area contributed by atoms with Crippen molar-refractivity contribution >= 4 is 11.4 Å². The van der Waals surface area contributed by atoms with Crippen LogP contribution in [0.2, 0.25) is 0 Å². The van der Waals surface area contributed by atoms with E-state index in [1.54, 1.807) is 0 Å². The Morgan fingerprint density at radius 3 is 2.79 bits per heavy atom. The van der Waals surface area contributed by atoms with Gasteiger partial charge in [0.1, 0.15) is 0 Å². The van der Waals surface area contributed by atoms with Crippen LogP contribution in [-0.2, 0) is 0 Å². The normalized spacial score (nSPS) is 21.9. The molecule has 4 nitrogen and oxygen atoms in total. The molecule has 1 saturated carbocycles. The number of rotatable bonds is 3. The van der Waals surface area contributed by atoms with Gasteiger partial charge >= 0.3 is 0 Å². The van der Waals surface area contributed by atoms with Gasteiger partial charge in [-0.15, -0.1) is 0 Å². The first-order chi connectivity index (χ1) is 8.87. The van der Waals surface area contributed by atoms with Crippen LogP contribution in [0.25, 0.3) is 0 Å². The fourth-order valence-corrected chi connectivity index (χ4v) is 2.78. The first-order valence-electron chi connectivity index (χ1n) is 6.58. The molecule has 1 aromatic carbocycles. The lowest BCUT2D eigenvalue weighted by molar-refractivity contribution is -0.385. The number of benzene rings is 1. The second kappa shape index (κ2) is 5.15. The Morgan fingerprint density at radius 1 is 1.47 bits per heavy atom. The molecule has 0 heterocycles. The van der Waals surface area contributed by atoms with Gasteiger partial charge in [-0.05, 0) is 30.7 Å². The Balaban J connectivity index is 2.09. The molecule has 0 spiro atoms. The predicted octanol–water partition coefficient (Wildman–Crippen LogP) is 4.11. The zero-order chi connectivity index (χ0) is 14.0. The Bertz CT molecular complexity index is 488. The standard InChI is InChI=1S/C14H19FN2O2/c1-14(2)7-3-4-10(9-14)16-13-6-5-11(17(18)19)8-12(13)15/h5-6,8,10,16H,3-4,7,9H2,1-2H3. The molecule has 0 amide bonds. The van der Waals surface area contributed by atoms with Gasteiger partial charge in [0.2, 0.25) is 0 Å². The molecule has 1 atom stereocenters. The minimum absolute atomic E-state index is 0.216. The first-order valence-corrected chi connectivity index (χ1v) is 6.58. The fourth-order valence-electron chi connectivity index (χ4n) is 2.78. The number of nitrogens with zero attached hydrogens (tertiary/aromatic N) is 1. The van der Waals surface area contributed by atoms with Crippen molar-refractivity contribution in [3.63, 3.8) is 0 Å². The van der Waals surface area contributed by atoms with Crippen molar-refractivity contribution in [3.8, 4) is 0 Å². The van der Waals surface area contributed by atoms with Gasteiger partial charge in [0, 0.05) is 12.1 Å². The molecule has 5 heteroatoms. The highest BCUT2D eigenvalue weighted by molar-refractivity contribution is 5.50. The maximum absolute atomic E-state index is 13.8. The van der Waals surface area contributed by atoms with Crippen LogP contribution in [0.3, 0.4) is 0 Å². The molecule has 0 bridgehead atoms. The average molecular weight is 266 g/mol. The Labute approximate surface area is 112 Å². The largest absolute Gasteiger partial charge is 0.380 e. The smallest absolute Gasteiger partial charge is 0.272 e. The lowest BCUT2D eigenvalue weighted by atomic mass is 9.75. The predicted molar refractivity (Wildman–Crippen MR) is 72.7 cm³/mol. The summed E-state index contributed by atoms with van der Waals surface area (Å²) in [5.74, 6) is -0.558. The molecule has 1 N–H and O–H groups in total. The zero-order valence-electron chi connectivity index (χ0n) is 11.3. The summed E-state index contributed by atoms with van der Waals surface area (Å²) >= 11 is 0. The third kappa shape index (κ3) is 3.43. The van der Waals surface area contributed by atoms with Crippen LogP contribution < -0.4 is 5.32 Å². The number of hydrogen-bond acceptors (Lipinski definition) is 3. The van der Waals surface area contributed by atoms with E-state index in [4.69, 9.17) is 0 Å². The summed E-state index contributed by atoms with van der Waals surface area (Å²) in [5.41, 5.74) is 0.410. The second-order valence-electron chi connectivity index (χ2n) is 6.02. The molecule has 0 aliphatic heterocycles. The highest BCUT2D eigenvalue weighted by Gasteiger charge is 2.28. The number of nitro groups is 1. The molecule has 0 aromatic heterocycles. The topological polar surface area (TPSA) is 55.2 Å². The summed E-state index contributed by atoms with van der Waals surface area (Å²) in [6.07, 6.45) is 4.32. The van der Waals surface area contributed by atoms with Crippen LogP contribution in [0, 0.1) is 21.3 Å². The third-order valence-corrected chi connectivity index (χ3v) is 3.73. The van der Waals surface area contributed by atoms with E-state index in [1.165, 1.54) is 18.6 Å². The molecule has 19 heavy (non-hydrogen) atoms. The van der Waals surface area contributed by atoms with Crippen molar-refractivity contribution in [2.24, 2.45) is 5.41 Å². The van der Waals surface area contributed by atoms with Gasteiger partial charge in [-0.25, -0.2) is 4.39 Å². The van der Waals surface area contributed by atoms with Crippen LogP contribution >= 0.6 is 0 Å². The van der Waals surface area contributed by atoms with E-state index >= 15 is 0 Å². The first kappa shape index (κ1) is 13.8. The highest BCUT2D eigenvalue weighted by atomic mass is 19.1. The molecular formula is C14H19FN2O2. The van der Waals surface area contributed by atoms with Crippen LogP contribution in [0.15, 0.2) is 18.2 Å². The maximum Gasteiger partial charge on any atom is 0.272 e. The fraction of sp³-hybridized carbons (Fsp3) is 0.571. The van der Waals surface area contributed by atoms with Crippen molar-refractivity contribution in [1.82, 2.24) is 0 Å². The van der Waals surface area contributed by atoms with Gasteiger partial charge in [0.05, 0.1) is 16.7 Å². The molecule has 0 radical (unpaired) electrons. The lowest BCUT2D eigenvalue weighted by Crippen LogP contribution is -2.32. The van der Waals surface area contributed by atoms with Crippen molar-refractivity contribution in [2.75, 3.05) is 5.32 Å². The number of non-ortho nitro benzene ring substituents is 1. The van der Waals surface area contributed by atoms with E-state index in [9.17, 15) is 14.5 Å². The van der Waals surface area contributed by atoms with Crippen molar-refractivity contribution in [3.05, 3.63) is 34.1 Å². The van der Waals surface area contributed by atoms with E-state index < -0.39 is 10.7 Å². The van der Waals surface area contributed by atoms with Crippen LogP contribution in [0.4, 0.5) is 15.8 Å². The Kier molecular flexibility index (Phi) is 3.73. The number of halogens is 1. The average Bonchev–Trinajstić information content (AvgIpc) is 2.30. The summed E-state index contributed by atoms with van der Waals surface area (Å²) in [6.45, 7) is 4.43. The van der Waals surface area contributed by atoms with Gasteiger partial charge in [-0.2, -0.15) is 0 Å². The van der Waals surface area contributed by atoms with Crippen LogP contribution in [0.5, 0.6) is 0 Å². The molecule has 1 fully saturated rings. The SMILES string of the molecule is CC1(C)CCCC(Nc2ccc([N+](=O)[O-])cc2F)C1. The molecule has 104 valence electrons. The molecule has 1 aliphatic carbocycles. The summed E-state index contributed by atoms with van der Waals surface area (Å²) in [6, 6.07) is 3.99. The second-order valence-corrected chi connectivity index (χ2v) is 6.02.